The third-order valence-electron chi connectivity index (χ3n) is 4.96. The lowest BCUT2D eigenvalue weighted by Gasteiger charge is -2.31. The molecule has 0 spiro atoms. The smallest absolute Gasteiger partial charge is 0.308 e. The molecule has 0 saturated carbocycles. The number of nitrogens with zero attached hydrogens (tertiary/aromatic N) is 1. The van der Waals surface area contributed by atoms with Crippen LogP contribution in [0.2, 0.25) is 0 Å². The third kappa shape index (κ3) is 6.32. The molecule has 2 rings (SSSR count). The highest BCUT2D eigenvalue weighted by Crippen LogP contribution is 2.32. The van der Waals surface area contributed by atoms with Crippen molar-refractivity contribution >= 4 is 23.8 Å². The zero-order chi connectivity index (χ0) is 24.0. The van der Waals surface area contributed by atoms with Crippen LogP contribution < -0.4 is 5.73 Å². The lowest BCUT2D eigenvalue weighted by molar-refractivity contribution is -0.171. The van der Waals surface area contributed by atoms with Crippen molar-refractivity contribution in [3.05, 3.63) is 24.0 Å². The molecule has 10 heteroatoms. The highest BCUT2D eigenvalue weighted by molar-refractivity contribution is 5.92. The molecule has 4 atom stereocenters. The Morgan fingerprint density at radius 3 is 2.31 bits per heavy atom. The second-order valence-corrected chi connectivity index (χ2v) is 8.27. The minimum atomic E-state index is -1.03. The van der Waals surface area contributed by atoms with Crippen LogP contribution in [0.3, 0.4) is 0 Å². The summed E-state index contributed by atoms with van der Waals surface area (Å²) in [4.78, 5) is 49.7. The number of esters is 3. The zero-order valence-corrected chi connectivity index (χ0v) is 19.1. The molecule has 2 aliphatic rings. The van der Waals surface area contributed by atoms with Gasteiger partial charge in [0, 0.05) is 24.4 Å². The Bertz CT molecular complexity index is 789. The Morgan fingerprint density at radius 1 is 1.09 bits per heavy atom. The van der Waals surface area contributed by atoms with E-state index in [1.807, 2.05) is 0 Å². The molecule has 2 heterocycles. The zero-order valence-electron chi connectivity index (χ0n) is 19.1. The molecule has 2 N–H and O–H groups in total. The molecule has 0 aromatic rings. The summed E-state index contributed by atoms with van der Waals surface area (Å²) in [6, 6.07) is 0. The van der Waals surface area contributed by atoms with Gasteiger partial charge in [-0.25, -0.2) is 0 Å². The van der Waals surface area contributed by atoms with Gasteiger partial charge in [0.25, 0.3) is 0 Å². The number of carbonyl (C=O) groups excluding carboxylic acids is 4. The molecule has 1 amide bonds. The molecular weight excluding hydrogens is 420 g/mol. The van der Waals surface area contributed by atoms with Gasteiger partial charge in [-0.2, -0.15) is 0 Å². The Labute approximate surface area is 187 Å². The fourth-order valence-corrected chi connectivity index (χ4v) is 3.09. The maximum absolute atomic E-state index is 12.4. The Balaban J connectivity index is 2.37. The molecule has 1 saturated heterocycles. The first-order chi connectivity index (χ1) is 15.0. The lowest BCUT2D eigenvalue weighted by atomic mass is 10.1. The molecule has 10 nitrogen and oxygen atoms in total. The van der Waals surface area contributed by atoms with Crippen molar-refractivity contribution in [2.75, 3.05) is 6.61 Å². The van der Waals surface area contributed by atoms with Crippen LogP contribution in [-0.2, 0) is 38.1 Å². The highest BCUT2D eigenvalue weighted by atomic mass is 16.7. The van der Waals surface area contributed by atoms with Crippen LogP contribution in [-0.4, -0.2) is 59.9 Å². The summed E-state index contributed by atoms with van der Waals surface area (Å²) in [6.07, 6.45) is 1.46. The van der Waals surface area contributed by atoms with Crippen molar-refractivity contribution in [1.82, 2.24) is 4.90 Å². The maximum atomic E-state index is 12.4. The monoisotopic (exact) mass is 452 g/mol. The van der Waals surface area contributed by atoms with Gasteiger partial charge in [0.2, 0.25) is 5.91 Å². The van der Waals surface area contributed by atoms with Crippen molar-refractivity contribution in [3.8, 4) is 0 Å². The third-order valence-corrected chi connectivity index (χ3v) is 4.96. The van der Waals surface area contributed by atoms with Crippen molar-refractivity contribution in [3.63, 3.8) is 0 Å². The van der Waals surface area contributed by atoms with E-state index in [9.17, 15) is 19.2 Å². The second-order valence-electron chi connectivity index (χ2n) is 8.27. The number of ether oxygens (including phenoxy) is 4. The summed E-state index contributed by atoms with van der Waals surface area (Å²) in [5.41, 5.74) is 5.75. The molecule has 178 valence electrons. The number of carbonyl (C=O) groups is 4. The quantitative estimate of drug-likeness (QED) is 0.407. The standard InChI is InChI=1S/C22H32N2O8/c1-6-16(25)31-17-15(11-29-21(27)12(2)3)30-20(18(17)32-22(28)13(4)5)24-9-7-8-14(10-24)19(23)26/h7,9-10,12-13,15,17-18,20H,6,8,11H2,1-5H3,(H2,23,26)/t15?,17-,18-,20-/m1/s1. The van der Waals surface area contributed by atoms with Gasteiger partial charge < -0.3 is 29.6 Å². The molecular formula is C22H32N2O8. The Morgan fingerprint density at radius 2 is 1.75 bits per heavy atom. The number of allylic oxidation sites excluding steroid dienone is 1. The van der Waals surface area contributed by atoms with E-state index in [1.165, 1.54) is 6.20 Å². The fourth-order valence-electron chi connectivity index (χ4n) is 3.09. The van der Waals surface area contributed by atoms with E-state index in [1.54, 1.807) is 51.8 Å². The second kappa shape index (κ2) is 11.1. The van der Waals surface area contributed by atoms with Crippen molar-refractivity contribution < 1.29 is 38.1 Å². The number of hydrogen-bond acceptors (Lipinski definition) is 9. The number of hydrogen-bond donors (Lipinski definition) is 1. The van der Waals surface area contributed by atoms with Crippen LogP contribution >= 0.6 is 0 Å². The van der Waals surface area contributed by atoms with Gasteiger partial charge in [0.1, 0.15) is 12.7 Å². The van der Waals surface area contributed by atoms with E-state index in [0.717, 1.165) is 0 Å². The largest absolute Gasteiger partial charge is 0.463 e. The molecule has 0 aliphatic carbocycles. The van der Waals surface area contributed by atoms with Gasteiger partial charge in [0.05, 0.1) is 11.8 Å². The van der Waals surface area contributed by atoms with Crippen LogP contribution in [0.15, 0.2) is 24.0 Å². The number of rotatable bonds is 9. The van der Waals surface area contributed by atoms with Gasteiger partial charge in [-0.05, 0) is 6.42 Å². The number of amides is 1. The Kier molecular flexibility index (Phi) is 8.82. The van der Waals surface area contributed by atoms with Crippen molar-refractivity contribution in [1.29, 1.82) is 0 Å². The van der Waals surface area contributed by atoms with Crippen LogP contribution in [0.4, 0.5) is 0 Å². The van der Waals surface area contributed by atoms with Gasteiger partial charge in [-0.15, -0.1) is 0 Å². The predicted octanol–water partition coefficient (Wildman–Crippen LogP) is 1.39. The van der Waals surface area contributed by atoms with Gasteiger partial charge >= 0.3 is 17.9 Å². The summed E-state index contributed by atoms with van der Waals surface area (Å²) in [5.74, 6) is -2.87. The number of primary amides is 1. The topological polar surface area (TPSA) is 134 Å². The van der Waals surface area contributed by atoms with Crippen LogP contribution in [0.25, 0.3) is 0 Å². The lowest BCUT2D eigenvalue weighted by Crippen LogP contribution is -2.46. The SMILES string of the molecule is CCC(=O)O[C@@H]1C(COC(=O)C(C)C)O[C@@H](N2C=CCC(C(N)=O)=C2)[C@@H]1OC(=O)C(C)C. The Hall–Kier alpha value is -2.88. The average Bonchev–Trinajstić information content (AvgIpc) is 3.08. The highest BCUT2D eigenvalue weighted by Gasteiger charge is 2.52. The summed E-state index contributed by atoms with van der Waals surface area (Å²) < 4.78 is 22.6. The first kappa shape index (κ1) is 25.4. The molecule has 0 aromatic heterocycles. The van der Waals surface area contributed by atoms with Gasteiger partial charge in [-0.1, -0.05) is 40.7 Å². The summed E-state index contributed by atoms with van der Waals surface area (Å²) in [5, 5.41) is 0. The molecule has 32 heavy (non-hydrogen) atoms. The molecule has 0 bridgehead atoms. The van der Waals surface area contributed by atoms with Crippen molar-refractivity contribution in [2.45, 2.75) is 72.0 Å². The maximum Gasteiger partial charge on any atom is 0.308 e. The van der Waals surface area contributed by atoms with E-state index in [0.29, 0.717) is 12.0 Å². The predicted molar refractivity (Wildman–Crippen MR) is 112 cm³/mol. The van der Waals surface area contributed by atoms with Gasteiger partial charge in [0.15, 0.2) is 18.4 Å². The van der Waals surface area contributed by atoms with Crippen molar-refractivity contribution in [2.24, 2.45) is 17.6 Å². The summed E-state index contributed by atoms with van der Waals surface area (Å²) >= 11 is 0. The minimum absolute atomic E-state index is 0.0971. The van der Waals surface area contributed by atoms with Crippen LogP contribution in [0.5, 0.6) is 0 Å². The summed E-state index contributed by atoms with van der Waals surface area (Å²) in [6.45, 7) is 8.17. The number of nitrogens with two attached hydrogens (primary N) is 1. The molecule has 1 fully saturated rings. The molecule has 2 aliphatic heterocycles. The van der Waals surface area contributed by atoms with Crippen LogP contribution in [0, 0.1) is 11.8 Å². The van der Waals surface area contributed by atoms with Gasteiger partial charge in [-0.3, -0.25) is 19.2 Å². The van der Waals surface area contributed by atoms with Crippen LogP contribution in [0.1, 0.15) is 47.5 Å². The van der Waals surface area contributed by atoms with E-state index >= 15 is 0 Å². The fraction of sp³-hybridized carbons (Fsp3) is 0.636. The van der Waals surface area contributed by atoms with E-state index in [2.05, 4.69) is 0 Å². The average molecular weight is 453 g/mol. The first-order valence-corrected chi connectivity index (χ1v) is 10.7. The molecule has 1 unspecified atom stereocenters. The first-order valence-electron chi connectivity index (χ1n) is 10.7. The molecule has 0 radical (unpaired) electrons. The van der Waals surface area contributed by atoms with E-state index in [4.69, 9.17) is 24.7 Å². The van der Waals surface area contributed by atoms with E-state index in [-0.39, 0.29) is 18.9 Å². The van der Waals surface area contributed by atoms with E-state index < -0.39 is 54.3 Å². The normalized spacial score (nSPS) is 25.0. The summed E-state index contributed by atoms with van der Waals surface area (Å²) in [7, 11) is 0. The minimum Gasteiger partial charge on any atom is -0.463 e. The molecule has 0 aromatic carbocycles.